The van der Waals surface area contributed by atoms with Gasteiger partial charge in [-0.1, -0.05) is 36.8 Å². The Morgan fingerprint density at radius 2 is 1.60 bits per heavy atom. The van der Waals surface area contributed by atoms with Gasteiger partial charge in [0.05, 0.1) is 11.4 Å². The van der Waals surface area contributed by atoms with Crippen molar-refractivity contribution in [1.29, 1.82) is 0 Å². The van der Waals surface area contributed by atoms with E-state index < -0.39 is 6.10 Å². The molecule has 0 saturated carbocycles. The minimum absolute atomic E-state index is 0.0758. The Morgan fingerprint density at radius 1 is 1.00 bits per heavy atom. The van der Waals surface area contributed by atoms with Crippen LogP contribution in [0.3, 0.4) is 0 Å². The molecule has 0 aromatic heterocycles. The van der Waals surface area contributed by atoms with Crippen molar-refractivity contribution in [3.63, 3.8) is 0 Å². The number of ether oxygens (including phenoxy) is 1. The van der Waals surface area contributed by atoms with Gasteiger partial charge in [-0.05, 0) is 44.5 Å². The smallest absolute Gasteiger partial charge is 0.265 e. The van der Waals surface area contributed by atoms with E-state index in [4.69, 9.17) is 4.74 Å². The first-order valence-electron chi connectivity index (χ1n) is 8.42. The van der Waals surface area contributed by atoms with Crippen molar-refractivity contribution in [1.82, 2.24) is 0 Å². The largest absolute Gasteiger partial charge is 0.481 e. The lowest BCUT2D eigenvalue weighted by Gasteiger charge is -2.17. The number of rotatable bonds is 7. The third-order valence-electron chi connectivity index (χ3n) is 3.64. The fourth-order valence-electron chi connectivity index (χ4n) is 2.25. The topological polar surface area (TPSA) is 67.4 Å². The number of para-hydroxylation sites is 2. The maximum Gasteiger partial charge on any atom is 0.265 e. The van der Waals surface area contributed by atoms with Crippen molar-refractivity contribution >= 4 is 23.2 Å². The molecule has 0 unspecified atom stereocenters. The lowest BCUT2D eigenvalue weighted by atomic mass is 10.2. The third kappa shape index (κ3) is 5.64. The van der Waals surface area contributed by atoms with Crippen LogP contribution >= 0.6 is 0 Å². The minimum Gasteiger partial charge on any atom is -0.481 e. The summed E-state index contributed by atoms with van der Waals surface area (Å²) in [6, 6.07) is 14.6. The second-order valence-electron chi connectivity index (χ2n) is 5.91. The molecule has 2 rings (SSSR count). The Labute approximate surface area is 148 Å². The molecule has 0 bridgehead atoms. The molecule has 0 aliphatic rings. The van der Waals surface area contributed by atoms with Gasteiger partial charge in [0.2, 0.25) is 5.91 Å². The van der Waals surface area contributed by atoms with Crippen molar-refractivity contribution in [3.05, 3.63) is 54.1 Å². The van der Waals surface area contributed by atoms with Crippen molar-refractivity contribution in [2.45, 2.75) is 39.7 Å². The van der Waals surface area contributed by atoms with E-state index in [1.807, 2.05) is 44.2 Å². The van der Waals surface area contributed by atoms with Crippen LogP contribution in [0.15, 0.2) is 48.5 Å². The van der Waals surface area contributed by atoms with Crippen molar-refractivity contribution < 1.29 is 14.3 Å². The van der Waals surface area contributed by atoms with Gasteiger partial charge in [0.15, 0.2) is 6.10 Å². The second kappa shape index (κ2) is 8.87. The normalized spacial score (nSPS) is 11.5. The molecule has 0 aliphatic heterocycles. The summed E-state index contributed by atoms with van der Waals surface area (Å²) in [4.78, 5) is 24.2. The summed E-state index contributed by atoms with van der Waals surface area (Å²) >= 11 is 0. The van der Waals surface area contributed by atoms with E-state index in [9.17, 15) is 9.59 Å². The van der Waals surface area contributed by atoms with E-state index in [2.05, 4.69) is 10.6 Å². The Balaban J connectivity index is 2.01. The zero-order chi connectivity index (χ0) is 18.2. The number of aryl methyl sites for hydroxylation is 1. The number of carbonyl (C=O) groups is 2. The van der Waals surface area contributed by atoms with Crippen LogP contribution in [0, 0.1) is 6.92 Å². The minimum atomic E-state index is -0.665. The van der Waals surface area contributed by atoms with E-state index in [1.54, 1.807) is 25.1 Å². The molecule has 2 aromatic rings. The maximum atomic E-state index is 12.4. The van der Waals surface area contributed by atoms with E-state index >= 15 is 0 Å². The van der Waals surface area contributed by atoms with E-state index in [1.165, 1.54) is 0 Å². The molecule has 0 heterocycles. The molecular formula is C20H24N2O3. The number of amides is 2. The highest BCUT2D eigenvalue weighted by Crippen LogP contribution is 2.22. The summed E-state index contributed by atoms with van der Waals surface area (Å²) in [5.41, 5.74) is 2.26. The molecule has 2 N–H and O–H groups in total. The molecular weight excluding hydrogens is 316 g/mol. The van der Waals surface area contributed by atoms with Gasteiger partial charge in [0.25, 0.3) is 5.91 Å². The first-order valence-corrected chi connectivity index (χ1v) is 8.42. The van der Waals surface area contributed by atoms with Gasteiger partial charge in [0.1, 0.15) is 5.75 Å². The van der Waals surface area contributed by atoms with Gasteiger partial charge in [-0.15, -0.1) is 0 Å². The molecule has 1 atom stereocenters. The molecule has 5 nitrogen and oxygen atoms in total. The predicted octanol–water partition coefficient (Wildman–Crippen LogP) is 4.14. The fraction of sp³-hybridized carbons (Fsp3) is 0.300. The zero-order valence-corrected chi connectivity index (χ0v) is 14.8. The van der Waals surface area contributed by atoms with Crippen molar-refractivity contribution in [3.8, 4) is 5.75 Å². The van der Waals surface area contributed by atoms with Crippen LogP contribution < -0.4 is 15.4 Å². The lowest BCUT2D eigenvalue weighted by Crippen LogP contribution is -2.30. The van der Waals surface area contributed by atoms with Gasteiger partial charge >= 0.3 is 0 Å². The number of hydrogen-bond donors (Lipinski definition) is 2. The Morgan fingerprint density at radius 3 is 2.20 bits per heavy atom. The van der Waals surface area contributed by atoms with Crippen LogP contribution in [0.4, 0.5) is 11.4 Å². The molecule has 2 aromatic carbocycles. The van der Waals surface area contributed by atoms with E-state index in [0.717, 1.165) is 12.0 Å². The van der Waals surface area contributed by atoms with Crippen LogP contribution in [0.1, 0.15) is 32.3 Å². The molecule has 5 heteroatoms. The number of anilines is 2. The maximum absolute atomic E-state index is 12.4. The van der Waals surface area contributed by atoms with E-state index in [-0.39, 0.29) is 11.8 Å². The number of nitrogens with one attached hydrogen (secondary N) is 2. The predicted molar refractivity (Wildman–Crippen MR) is 99.9 cm³/mol. The molecule has 0 saturated heterocycles. The summed E-state index contributed by atoms with van der Waals surface area (Å²) < 4.78 is 5.66. The Bertz CT molecular complexity index is 726. The van der Waals surface area contributed by atoms with Gasteiger partial charge in [-0.2, -0.15) is 0 Å². The third-order valence-corrected chi connectivity index (χ3v) is 3.64. The van der Waals surface area contributed by atoms with Crippen LogP contribution in [0.25, 0.3) is 0 Å². The zero-order valence-electron chi connectivity index (χ0n) is 14.8. The van der Waals surface area contributed by atoms with Crippen LogP contribution in [-0.4, -0.2) is 17.9 Å². The van der Waals surface area contributed by atoms with Gasteiger partial charge in [0, 0.05) is 6.42 Å². The first-order chi connectivity index (χ1) is 12.0. The summed E-state index contributed by atoms with van der Waals surface area (Å²) in [7, 11) is 0. The average Bonchev–Trinajstić information content (AvgIpc) is 2.58. The molecule has 132 valence electrons. The van der Waals surface area contributed by atoms with Crippen molar-refractivity contribution in [2.24, 2.45) is 0 Å². The summed E-state index contributed by atoms with van der Waals surface area (Å²) in [6.45, 7) is 5.62. The quantitative estimate of drug-likeness (QED) is 0.796. The Kier molecular flexibility index (Phi) is 6.57. The molecule has 25 heavy (non-hydrogen) atoms. The Hall–Kier alpha value is -2.82. The summed E-state index contributed by atoms with van der Waals surface area (Å²) in [5, 5.41) is 5.63. The second-order valence-corrected chi connectivity index (χ2v) is 5.91. The molecule has 0 radical (unpaired) electrons. The SMILES string of the molecule is CCCC(=O)Nc1ccccc1NC(=O)[C@@H](C)Oc1ccc(C)cc1. The monoisotopic (exact) mass is 340 g/mol. The van der Waals surface area contributed by atoms with Crippen LogP contribution in [0.2, 0.25) is 0 Å². The highest BCUT2D eigenvalue weighted by molar-refractivity contribution is 6.00. The molecule has 0 aliphatic carbocycles. The lowest BCUT2D eigenvalue weighted by molar-refractivity contribution is -0.122. The van der Waals surface area contributed by atoms with Crippen LogP contribution in [0.5, 0.6) is 5.75 Å². The molecule has 0 fully saturated rings. The number of carbonyl (C=O) groups excluding carboxylic acids is 2. The highest BCUT2D eigenvalue weighted by Gasteiger charge is 2.16. The van der Waals surface area contributed by atoms with Gasteiger partial charge < -0.3 is 15.4 Å². The average molecular weight is 340 g/mol. The summed E-state index contributed by atoms with van der Waals surface area (Å²) in [6.07, 6.45) is 0.541. The fourth-order valence-corrected chi connectivity index (χ4v) is 2.25. The highest BCUT2D eigenvalue weighted by atomic mass is 16.5. The van der Waals surface area contributed by atoms with Crippen molar-refractivity contribution in [2.75, 3.05) is 10.6 Å². The molecule has 2 amide bonds. The number of hydrogen-bond acceptors (Lipinski definition) is 3. The van der Waals surface area contributed by atoms with Gasteiger partial charge in [-0.3, -0.25) is 9.59 Å². The van der Waals surface area contributed by atoms with E-state index in [0.29, 0.717) is 23.5 Å². The van der Waals surface area contributed by atoms with Gasteiger partial charge in [-0.25, -0.2) is 0 Å². The molecule has 0 spiro atoms. The first kappa shape index (κ1) is 18.5. The number of benzene rings is 2. The standard InChI is InChI=1S/C20H24N2O3/c1-4-7-19(23)21-17-8-5-6-9-18(17)22-20(24)15(3)25-16-12-10-14(2)11-13-16/h5-6,8-13,15H,4,7H2,1-3H3,(H,21,23)(H,22,24)/t15-/m1/s1. The van der Waals surface area contributed by atoms with Crippen LogP contribution in [-0.2, 0) is 9.59 Å². The summed E-state index contributed by atoms with van der Waals surface area (Å²) in [5.74, 6) is 0.281.